The van der Waals surface area contributed by atoms with Crippen molar-refractivity contribution in [3.05, 3.63) is 59.1 Å². The maximum absolute atomic E-state index is 12.4. The Morgan fingerprint density at radius 3 is 2.17 bits per heavy atom. The summed E-state index contributed by atoms with van der Waals surface area (Å²) in [6.07, 6.45) is 0.796. The first-order valence-corrected chi connectivity index (χ1v) is 12.0. The molecule has 158 valence electrons. The number of sulfonamides is 1. The molecule has 1 N–H and O–H groups in total. The second-order valence-electron chi connectivity index (χ2n) is 7.78. The summed E-state index contributed by atoms with van der Waals surface area (Å²) in [5, 5.41) is 0.755. The molecule has 1 fully saturated rings. The molecule has 3 rings (SSSR count). The lowest BCUT2D eigenvalue weighted by molar-refractivity contribution is 0.255. The van der Waals surface area contributed by atoms with Crippen molar-refractivity contribution in [2.45, 2.75) is 31.1 Å². The van der Waals surface area contributed by atoms with E-state index >= 15 is 0 Å². The van der Waals surface area contributed by atoms with Gasteiger partial charge in [0.15, 0.2) is 0 Å². The van der Waals surface area contributed by atoms with E-state index < -0.39 is 10.0 Å². The highest BCUT2D eigenvalue weighted by Gasteiger charge is 2.18. The normalized spacial score (nSPS) is 15.8. The van der Waals surface area contributed by atoms with Crippen LogP contribution in [0.2, 0.25) is 5.02 Å². The first kappa shape index (κ1) is 22.1. The smallest absolute Gasteiger partial charge is 0.240 e. The van der Waals surface area contributed by atoms with Crippen LogP contribution in [0.25, 0.3) is 0 Å². The summed E-state index contributed by atoms with van der Waals surface area (Å²) in [6.45, 7) is 9.42. The minimum absolute atomic E-state index is 0.332. The molecule has 0 saturated carbocycles. The molecule has 0 spiro atoms. The molecule has 0 aromatic heterocycles. The van der Waals surface area contributed by atoms with Gasteiger partial charge in [0.05, 0.1) is 4.90 Å². The fraction of sp³-hybridized carbons (Fsp3) is 0.455. The van der Waals surface area contributed by atoms with Gasteiger partial charge < -0.3 is 4.90 Å². The largest absolute Gasteiger partial charge is 0.369 e. The number of hydrogen-bond donors (Lipinski definition) is 1. The van der Waals surface area contributed by atoms with Crippen LogP contribution >= 0.6 is 11.6 Å². The number of anilines is 1. The molecular formula is C22H30ClN3O2S. The monoisotopic (exact) mass is 435 g/mol. The van der Waals surface area contributed by atoms with Gasteiger partial charge in [0.25, 0.3) is 0 Å². The lowest BCUT2D eigenvalue weighted by atomic mass is 10.0. The lowest BCUT2D eigenvalue weighted by Gasteiger charge is -2.36. The predicted molar refractivity (Wildman–Crippen MR) is 120 cm³/mol. The number of benzene rings is 2. The molecular weight excluding hydrogens is 406 g/mol. The third-order valence-corrected chi connectivity index (χ3v) is 7.09. The van der Waals surface area contributed by atoms with Crippen molar-refractivity contribution in [3.8, 4) is 0 Å². The summed E-state index contributed by atoms with van der Waals surface area (Å²) in [6, 6.07) is 15.1. The molecule has 1 aliphatic rings. The van der Waals surface area contributed by atoms with Gasteiger partial charge in [0.1, 0.15) is 0 Å². The minimum atomic E-state index is -3.44. The zero-order valence-electron chi connectivity index (χ0n) is 17.1. The topological polar surface area (TPSA) is 52.7 Å². The van der Waals surface area contributed by atoms with Crippen molar-refractivity contribution in [1.82, 2.24) is 9.62 Å². The molecule has 0 amide bonds. The number of piperazine rings is 1. The minimum Gasteiger partial charge on any atom is -0.369 e. The van der Waals surface area contributed by atoms with Crippen molar-refractivity contribution in [1.29, 1.82) is 0 Å². The molecule has 1 saturated heterocycles. The standard InChI is InChI=1S/C22H30ClN3O2S/c1-18(2)19-4-10-22(11-5-19)29(27,28)24-12-3-13-25-14-16-26(17-15-25)21-8-6-20(23)7-9-21/h4-11,18,24H,3,12-17H2,1-2H3. The maximum atomic E-state index is 12.4. The molecule has 7 heteroatoms. The molecule has 29 heavy (non-hydrogen) atoms. The van der Waals surface area contributed by atoms with Crippen LogP contribution in [0.4, 0.5) is 5.69 Å². The van der Waals surface area contributed by atoms with Gasteiger partial charge >= 0.3 is 0 Å². The Kier molecular flexibility index (Phi) is 7.57. The summed E-state index contributed by atoms with van der Waals surface area (Å²) >= 11 is 5.96. The van der Waals surface area contributed by atoms with Crippen LogP contribution in [0.5, 0.6) is 0 Å². The Hall–Kier alpha value is -1.60. The third-order valence-electron chi connectivity index (χ3n) is 5.36. The quantitative estimate of drug-likeness (QED) is 0.638. The molecule has 0 atom stereocenters. The molecule has 0 unspecified atom stereocenters. The van der Waals surface area contributed by atoms with Crippen molar-refractivity contribution >= 4 is 27.3 Å². The molecule has 0 bridgehead atoms. The fourth-order valence-electron chi connectivity index (χ4n) is 3.51. The number of rotatable bonds is 8. The van der Waals surface area contributed by atoms with E-state index in [1.165, 1.54) is 5.69 Å². The number of nitrogens with zero attached hydrogens (tertiary/aromatic N) is 2. The average molecular weight is 436 g/mol. The van der Waals surface area contributed by atoms with E-state index in [9.17, 15) is 8.42 Å². The first-order valence-electron chi connectivity index (χ1n) is 10.2. The highest BCUT2D eigenvalue weighted by atomic mass is 35.5. The van der Waals surface area contributed by atoms with Crippen LogP contribution in [-0.2, 0) is 10.0 Å². The summed E-state index contributed by atoms with van der Waals surface area (Å²) in [4.78, 5) is 5.08. The van der Waals surface area contributed by atoms with Crippen LogP contribution in [0, 0.1) is 0 Å². The van der Waals surface area contributed by atoms with Crippen LogP contribution < -0.4 is 9.62 Å². The van der Waals surface area contributed by atoms with Crippen LogP contribution in [0.3, 0.4) is 0 Å². The van der Waals surface area contributed by atoms with Gasteiger partial charge in [-0.3, -0.25) is 4.90 Å². The Bertz CT molecular complexity index is 875. The lowest BCUT2D eigenvalue weighted by Crippen LogP contribution is -2.47. The summed E-state index contributed by atoms with van der Waals surface area (Å²) in [5.74, 6) is 0.389. The van der Waals surface area contributed by atoms with E-state index in [2.05, 4.69) is 40.5 Å². The fourth-order valence-corrected chi connectivity index (χ4v) is 4.71. The Labute approximate surface area is 179 Å². The Balaban J connectivity index is 1.40. The second kappa shape index (κ2) is 9.94. The second-order valence-corrected chi connectivity index (χ2v) is 9.98. The summed E-state index contributed by atoms with van der Waals surface area (Å²) in [7, 11) is -3.44. The average Bonchev–Trinajstić information content (AvgIpc) is 2.72. The van der Waals surface area contributed by atoms with E-state index in [4.69, 9.17) is 11.6 Å². The molecule has 2 aromatic carbocycles. The third kappa shape index (κ3) is 6.19. The Morgan fingerprint density at radius 1 is 0.966 bits per heavy atom. The van der Waals surface area contributed by atoms with Crippen LogP contribution in [-0.4, -0.2) is 52.6 Å². The van der Waals surface area contributed by atoms with Crippen molar-refractivity contribution in [2.24, 2.45) is 0 Å². The zero-order chi connectivity index (χ0) is 20.9. The van der Waals surface area contributed by atoms with E-state index in [1.54, 1.807) is 12.1 Å². The molecule has 2 aromatic rings. The van der Waals surface area contributed by atoms with E-state index in [-0.39, 0.29) is 0 Å². The van der Waals surface area contributed by atoms with E-state index in [1.807, 2.05) is 24.3 Å². The van der Waals surface area contributed by atoms with Gasteiger partial charge in [-0.2, -0.15) is 0 Å². The molecule has 5 nitrogen and oxygen atoms in total. The SMILES string of the molecule is CC(C)c1ccc(S(=O)(=O)NCCCN2CCN(c3ccc(Cl)cc3)CC2)cc1. The van der Waals surface area contributed by atoms with Crippen molar-refractivity contribution in [2.75, 3.05) is 44.2 Å². The molecule has 0 radical (unpaired) electrons. The van der Waals surface area contributed by atoms with Gasteiger partial charge in [0.2, 0.25) is 10.0 Å². The summed E-state index contributed by atoms with van der Waals surface area (Å²) in [5.41, 5.74) is 2.34. The summed E-state index contributed by atoms with van der Waals surface area (Å²) < 4.78 is 27.6. The van der Waals surface area contributed by atoms with Gasteiger partial charge in [-0.05, 0) is 60.8 Å². The number of nitrogens with one attached hydrogen (secondary N) is 1. The number of hydrogen-bond acceptors (Lipinski definition) is 4. The van der Waals surface area contributed by atoms with Gasteiger partial charge in [-0.25, -0.2) is 13.1 Å². The highest BCUT2D eigenvalue weighted by molar-refractivity contribution is 7.89. The molecule has 1 aliphatic heterocycles. The number of halogens is 1. The Morgan fingerprint density at radius 2 is 1.59 bits per heavy atom. The predicted octanol–water partition coefficient (Wildman–Crippen LogP) is 3.95. The highest BCUT2D eigenvalue weighted by Crippen LogP contribution is 2.20. The van der Waals surface area contributed by atoms with Crippen LogP contribution in [0.15, 0.2) is 53.4 Å². The van der Waals surface area contributed by atoms with Gasteiger partial charge in [-0.15, -0.1) is 0 Å². The van der Waals surface area contributed by atoms with Crippen molar-refractivity contribution < 1.29 is 8.42 Å². The zero-order valence-corrected chi connectivity index (χ0v) is 18.7. The van der Waals surface area contributed by atoms with Crippen molar-refractivity contribution in [3.63, 3.8) is 0 Å². The first-order chi connectivity index (χ1) is 13.8. The molecule has 0 aliphatic carbocycles. The van der Waals surface area contributed by atoms with E-state index in [0.29, 0.717) is 17.4 Å². The van der Waals surface area contributed by atoms with Gasteiger partial charge in [-0.1, -0.05) is 37.6 Å². The van der Waals surface area contributed by atoms with Gasteiger partial charge in [0, 0.05) is 43.4 Å². The maximum Gasteiger partial charge on any atom is 0.240 e. The van der Waals surface area contributed by atoms with E-state index in [0.717, 1.165) is 49.7 Å². The van der Waals surface area contributed by atoms with Crippen LogP contribution in [0.1, 0.15) is 31.7 Å². The molecule has 1 heterocycles.